The van der Waals surface area contributed by atoms with Crippen molar-refractivity contribution < 1.29 is 14.1 Å². The van der Waals surface area contributed by atoms with Crippen molar-refractivity contribution in [3.8, 4) is 0 Å². The van der Waals surface area contributed by atoms with Crippen LogP contribution in [0.25, 0.3) is 11.0 Å². The normalized spacial score (nSPS) is 10.8. The Bertz CT molecular complexity index is 943. The van der Waals surface area contributed by atoms with Crippen LogP contribution in [-0.2, 0) is 11.2 Å². The van der Waals surface area contributed by atoms with Crippen molar-refractivity contribution in [2.45, 2.75) is 20.3 Å². The minimum Gasteiger partial charge on any atom is -0.464 e. The van der Waals surface area contributed by atoms with E-state index >= 15 is 0 Å². The number of furan rings is 1. The molecule has 6 nitrogen and oxygen atoms in total. The molecule has 2 aromatic carbocycles. The molecule has 0 radical (unpaired) electrons. The van der Waals surface area contributed by atoms with E-state index in [0.717, 1.165) is 22.1 Å². The van der Waals surface area contributed by atoms with Gasteiger partial charge in [0.15, 0.2) is 0 Å². The topological polar surface area (TPSA) is 85.4 Å². The molecule has 0 atom stereocenters. The number of aryl methyl sites for hydroxylation is 2. The van der Waals surface area contributed by atoms with Gasteiger partial charge in [0.25, 0.3) is 5.69 Å². The number of nitrogens with zero attached hydrogens (tertiary/aromatic N) is 1. The van der Waals surface area contributed by atoms with Crippen molar-refractivity contribution in [2.75, 3.05) is 5.32 Å². The molecule has 0 spiro atoms. The predicted octanol–water partition coefficient (Wildman–Crippen LogP) is 4.14. The minimum absolute atomic E-state index is 0.0166. The average Bonchev–Trinajstić information content (AvgIpc) is 2.91. The summed E-state index contributed by atoms with van der Waals surface area (Å²) in [5.74, 6) is -0.253. The number of carbonyl (C=O) groups is 1. The third-order valence-electron chi connectivity index (χ3n) is 3.85. The van der Waals surface area contributed by atoms with Crippen LogP contribution in [0.4, 0.5) is 11.4 Å². The molecule has 24 heavy (non-hydrogen) atoms. The number of hydrogen-bond donors (Lipinski definition) is 1. The number of anilines is 1. The monoisotopic (exact) mass is 324 g/mol. The van der Waals surface area contributed by atoms with Gasteiger partial charge in [-0.3, -0.25) is 14.9 Å². The highest BCUT2D eigenvalue weighted by Gasteiger charge is 2.14. The van der Waals surface area contributed by atoms with E-state index in [-0.39, 0.29) is 18.0 Å². The number of fused-ring (bicyclic) bond motifs is 1. The van der Waals surface area contributed by atoms with Gasteiger partial charge in [0.1, 0.15) is 5.58 Å². The second-order valence-corrected chi connectivity index (χ2v) is 5.74. The molecule has 1 aromatic heterocycles. The Kier molecular flexibility index (Phi) is 4.04. The molecule has 0 bridgehead atoms. The number of hydrogen-bond acceptors (Lipinski definition) is 4. The number of nitrogens with one attached hydrogen (secondary N) is 1. The Morgan fingerprint density at radius 3 is 2.75 bits per heavy atom. The van der Waals surface area contributed by atoms with E-state index in [4.69, 9.17) is 4.42 Å². The van der Waals surface area contributed by atoms with Gasteiger partial charge in [-0.15, -0.1) is 0 Å². The molecule has 1 amide bonds. The van der Waals surface area contributed by atoms with Crippen LogP contribution in [0.15, 0.2) is 47.1 Å². The number of benzene rings is 2. The standard InChI is InChI=1S/C18H16N2O4/c1-11-3-6-15-13(10-24-17(15)7-11)8-18(21)19-14-5-4-12(2)16(9-14)20(22)23/h3-7,9-10H,8H2,1-2H3,(H,19,21). The summed E-state index contributed by atoms with van der Waals surface area (Å²) >= 11 is 0. The molecule has 0 saturated heterocycles. The number of carbonyl (C=O) groups excluding carboxylic acids is 1. The highest BCUT2D eigenvalue weighted by Crippen LogP contribution is 2.24. The lowest BCUT2D eigenvalue weighted by Crippen LogP contribution is -2.14. The number of nitro groups is 1. The fourth-order valence-electron chi connectivity index (χ4n) is 2.59. The van der Waals surface area contributed by atoms with Crippen molar-refractivity contribution >= 4 is 28.3 Å². The van der Waals surface area contributed by atoms with Crippen molar-refractivity contribution in [1.29, 1.82) is 0 Å². The van der Waals surface area contributed by atoms with Gasteiger partial charge in [-0.05, 0) is 31.5 Å². The molecule has 0 unspecified atom stereocenters. The van der Waals surface area contributed by atoms with Gasteiger partial charge in [0.05, 0.1) is 17.6 Å². The smallest absolute Gasteiger partial charge is 0.274 e. The molecule has 3 rings (SSSR count). The van der Waals surface area contributed by atoms with Crippen LogP contribution in [-0.4, -0.2) is 10.8 Å². The predicted molar refractivity (Wildman–Crippen MR) is 91.1 cm³/mol. The van der Waals surface area contributed by atoms with E-state index in [9.17, 15) is 14.9 Å². The van der Waals surface area contributed by atoms with Crippen molar-refractivity contribution in [1.82, 2.24) is 0 Å². The summed E-state index contributed by atoms with van der Waals surface area (Å²) in [7, 11) is 0. The highest BCUT2D eigenvalue weighted by atomic mass is 16.6. The van der Waals surface area contributed by atoms with E-state index in [0.29, 0.717) is 11.3 Å². The lowest BCUT2D eigenvalue weighted by molar-refractivity contribution is -0.385. The van der Waals surface area contributed by atoms with E-state index in [2.05, 4.69) is 5.32 Å². The van der Waals surface area contributed by atoms with Crippen molar-refractivity contribution in [3.63, 3.8) is 0 Å². The zero-order chi connectivity index (χ0) is 17.3. The molecule has 0 aliphatic carbocycles. The van der Waals surface area contributed by atoms with Crippen LogP contribution in [0.5, 0.6) is 0 Å². The maximum atomic E-state index is 12.2. The highest BCUT2D eigenvalue weighted by molar-refractivity contribution is 5.95. The van der Waals surface area contributed by atoms with Crippen LogP contribution in [0.2, 0.25) is 0 Å². The molecule has 0 aliphatic rings. The van der Waals surface area contributed by atoms with E-state index in [1.54, 1.807) is 25.3 Å². The van der Waals surface area contributed by atoms with Crippen molar-refractivity contribution in [3.05, 3.63) is 69.5 Å². The first-order valence-electron chi connectivity index (χ1n) is 7.45. The van der Waals surface area contributed by atoms with Crippen LogP contribution < -0.4 is 5.32 Å². The SMILES string of the molecule is Cc1ccc2c(CC(=O)Nc3ccc(C)c([N+](=O)[O-])c3)coc2c1. The van der Waals surface area contributed by atoms with E-state index in [1.165, 1.54) is 6.07 Å². The second-order valence-electron chi connectivity index (χ2n) is 5.74. The fourth-order valence-corrected chi connectivity index (χ4v) is 2.59. The van der Waals surface area contributed by atoms with Gasteiger partial charge in [-0.25, -0.2) is 0 Å². The van der Waals surface area contributed by atoms with E-state index < -0.39 is 4.92 Å². The summed E-state index contributed by atoms with van der Waals surface area (Å²) in [6.07, 6.45) is 1.71. The van der Waals surface area contributed by atoms with Gasteiger partial charge >= 0.3 is 0 Å². The molecule has 122 valence electrons. The molecular weight excluding hydrogens is 308 g/mol. The van der Waals surface area contributed by atoms with Gasteiger partial charge in [0.2, 0.25) is 5.91 Å². The van der Waals surface area contributed by atoms with Crippen LogP contribution in [0.1, 0.15) is 16.7 Å². The average molecular weight is 324 g/mol. The van der Waals surface area contributed by atoms with Crippen LogP contribution >= 0.6 is 0 Å². The number of rotatable bonds is 4. The Morgan fingerprint density at radius 1 is 1.21 bits per heavy atom. The minimum atomic E-state index is -0.461. The Balaban J connectivity index is 1.78. The lowest BCUT2D eigenvalue weighted by atomic mass is 10.1. The third kappa shape index (κ3) is 3.12. The summed E-state index contributed by atoms with van der Waals surface area (Å²) in [6, 6.07) is 10.4. The number of amides is 1. The summed E-state index contributed by atoms with van der Waals surface area (Å²) in [4.78, 5) is 22.7. The molecule has 1 N–H and O–H groups in total. The maximum Gasteiger partial charge on any atom is 0.274 e. The second kappa shape index (κ2) is 6.16. The first kappa shape index (κ1) is 15.7. The van der Waals surface area contributed by atoms with E-state index in [1.807, 2.05) is 25.1 Å². The first-order valence-corrected chi connectivity index (χ1v) is 7.45. The molecule has 1 heterocycles. The molecule has 6 heteroatoms. The van der Waals surface area contributed by atoms with Gasteiger partial charge in [-0.1, -0.05) is 18.2 Å². The zero-order valence-corrected chi connectivity index (χ0v) is 13.3. The summed E-state index contributed by atoms with van der Waals surface area (Å²) < 4.78 is 5.48. The Morgan fingerprint density at radius 2 is 2.00 bits per heavy atom. The van der Waals surface area contributed by atoms with Gasteiger partial charge < -0.3 is 9.73 Å². The molecule has 0 fully saturated rings. The lowest BCUT2D eigenvalue weighted by Gasteiger charge is -2.06. The van der Waals surface area contributed by atoms with Gasteiger partial charge in [0, 0.05) is 28.3 Å². The van der Waals surface area contributed by atoms with Crippen LogP contribution in [0.3, 0.4) is 0 Å². The fraction of sp³-hybridized carbons (Fsp3) is 0.167. The summed E-state index contributed by atoms with van der Waals surface area (Å²) in [5, 5.41) is 14.6. The summed E-state index contributed by atoms with van der Waals surface area (Å²) in [6.45, 7) is 3.63. The zero-order valence-electron chi connectivity index (χ0n) is 13.3. The first-order chi connectivity index (χ1) is 11.4. The van der Waals surface area contributed by atoms with Crippen molar-refractivity contribution in [2.24, 2.45) is 0 Å². The van der Waals surface area contributed by atoms with Gasteiger partial charge in [-0.2, -0.15) is 0 Å². The largest absolute Gasteiger partial charge is 0.464 e. The third-order valence-corrected chi connectivity index (χ3v) is 3.85. The Hall–Kier alpha value is -3.15. The molecule has 3 aromatic rings. The number of nitro benzene ring substituents is 1. The summed E-state index contributed by atoms with van der Waals surface area (Å²) in [5.41, 5.74) is 3.54. The van der Waals surface area contributed by atoms with Crippen LogP contribution in [0, 0.1) is 24.0 Å². The molecule has 0 aliphatic heterocycles. The molecule has 0 saturated carbocycles. The quantitative estimate of drug-likeness (QED) is 0.577. The molecular formula is C18H16N2O4. The maximum absolute atomic E-state index is 12.2. The Labute approximate surface area is 138 Å².